The van der Waals surface area contributed by atoms with Crippen molar-refractivity contribution in [3.8, 4) is 28.7 Å². The van der Waals surface area contributed by atoms with E-state index in [2.05, 4.69) is 4.98 Å². The van der Waals surface area contributed by atoms with Crippen molar-refractivity contribution in [1.29, 1.82) is 0 Å². The highest BCUT2D eigenvalue weighted by molar-refractivity contribution is 5.80. The topological polar surface area (TPSA) is 109 Å². The van der Waals surface area contributed by atoms with E-state index in [0.29, 0.717) is 34.5 Å². The molecule has 8 heteroatoms. The summed E-state index contributed by atoms with van der Waals surface area (Å²) in [5.74, 6) is 8.36. The van der Waals surface area contributed by atoms with Crippen LogP contribution in [0.25, 0.3) is 17.2 Å². The van der Waals surface area contributed by atoms with Crippen molar-refractivity contribution in [3.05, 3.63) is 60.6 Å². The van der Waals surface area contributed by atoms with Crippen molar-refractivity contribution in [2.75, 3.05) is 26.3 Å². The second-order valence-corrected chi connectivity index (χ2v) is 5.72. The first-order valence-electron chi connectivity index (χ1n) is 8.40. The van der Waals surface area contributed by atoms with Gasteiger partial charge in [-0.15, -0.1) is 0 Å². The van der Waals surface area contributed by atoms with Crippen LogP contribution in [-0.4, -0.2) is 26.3 Å². The molecule has 0 radical (unpaired) electrons. The largest absolute Gasteiger partial charge is 0.493 e. The number of benzene rings is 2. The summed E-state index contributed by atoms with van der Waals surface area (Å²) in [6, 6.07) is 11.0. The minimum absolute atomic E-state index is 0.482. The molecule has 0 atom stereocenters. The van der Waals surface area contributed by atoms with Gasteiger partial charge in [-0.3, -0.25) is 5.01 Å². The molecule has 0 spiro atoms. The fourth-order valence-corrected chi connectivity index (χ4v) is 2.81. The number of ether oxygens (including phenoxy) is 3. The number of nitrogens with two attached hydrogens (primary N) is 2. The van der Waals surface area contributed by atoms with Crippen LogP contribution in [0.3, 0.4) is 0 Å². The van der Waals surface area contributed by atoms with E-state index in [9.17, 15) is 0 Å². The van der Waals surface area contributed by atoms with E-state index in [4.69, 9.17) is 30.2 Å². The van der Waals surface area contributed by atoms with E-state index in [1.807, 2.05) is 24.3 Å². The van der Waals surface area contributed by atoms with Crippen molar-refractivity contribution in [3.63, 3.8) is 0 Å². The third-order valence-corrected chi connectivity index (χ3v) is 4.21. The standard InChI is InChI=1S/C20H22N4O4/c1-25-17-10-15(11-18(26-2)19(17)27-3)24(22)16(12-21)13-4-6-14(7-5-13)20-23-8-9-28-20/h4-12H,21-22H2,1-3H3/b16-12-. The van der Waals surface area contributed by atoms with Crippen molar-refractivity contribution >= 4 is 11.4 Å². The van der Waals surface area contributed by atoms with Gasteiger partial charge in [-0.1, -0.05) is 12.1 Å². The maximum absolute atomic E-state index is 6.36. The first-order chi connectivity index (χ1) is 13.6. The first-order valence-corrected chi connectivity index (χ1v) is 8.40. The number of nitrogens with zero attached hydrogens (tertiary/aromatic N) is 2. The van der Waals surface area contributed by atoms with Crippen LogP contribution in [-0.2, 0) is 0 Å². The Balaban J connectivity index is 1.95. The first kappa shape index (κ1) is 19.1. The molecule has 0 saturated carbocycles. The monoisotopic (exact) mass is 382 g/mol. The molecule has 2 aromatic carbocycles. The van der Waals surface area contributed by atoms with Gasteiger partial charge < -0.3 is 24.4 Å². The Morgan fingerprint density at radius 2 is 1.68 bits per heavy atom. The number of anilines is 1. The lowest BCUT2D eigenvalue weighted by Crippen LogP contribution is -2.29. The summed E-state index contributed by atoms with van der Waals surface area (Å²) in [4.78, 5) is 4.14. The fraction of sp³-hybridized carbons (Fsp3) is 0.150. The number of hydrogen-bond acceptors (Lipinski definition) is 8. The molecule has 1 heterocycles. The number of methoxy groups -OCH3 is 3. The van der Waals surface area contributed by atoms with E-state index < -0.39 is 0 Å². The summed E-state index contributed by atoms with van der Waals surface area (Å²) in [5, 5.41) is 1.45. The van der Waals surface area contributed by atoms with Crippen LogP contribution in [0, 0.1) is 0 Å². The lowest BCUT2D eigenvalue weighted by atomic mass is 10.1. The van der Waals surface area contributed by atoms with Crippen molar-refractivity contribution in [2.45, 2.75) is 0 Å². The molecular formula is C20H22N4O4. The van der Waals surface area contributed by atoms with Gasteiger partial charge in [-0.25, -0.2) is 10.8 Å². The highest BCUT2D eigenvalue weighted by Crippen LogP contribution is 2.41. The Morgan fingerprint density at radius 1 is 1.04 bits per heavy atom. The van der Waals surface area contributed by atoms with Gasteiger partial charge in [-0.2, -0.15) is 0 Å². The van der Waals surface area contributed by atoms with Crippen LogP contribution < -0.4 is 30.8 Å². The molecule has 3 rings (SSSR count). The third-order valence-electron chi connectivity index (χ3n) is 4.21. The van der Waals surface area contributed by atoms with E-state index in [1.54, 1.807) is 39.7 Å². The molecule has 146 valence electrons. The quantitative estimate of drug-likeness (QED) is 0.474. The van der Waals surface area contributed by atoms with Gasteiger partial charge in [0.25, 0.3) is 0 Å². The number of aromatic nitrogens is 1. The average Bonchev–Trinajstić information content (AvgIpc) is 3.28. The second kappa shape index (κ2) is 8.36. The van der Waals surface area contributed by atoms with Gasteiger partial charge in [0, 0.05) is 29.5 Å². The zero-order valence-electron chi connectivity index (χ0n) is 15.9. The van der Waals surface area contributed by atoms with Crippen LogP contribution in [0.4, 0.5) is 5.69 Å². The molecule has 0 amide bonds. The number of hydrazine groups is 1. The van der Waals surface area contributed by atoms with Crippen LogP contribution in [0.15, 0.2) is 59.5 Å². The molecule has 0 aliphatic heterocycles. The average molecular weight is 382 g/mol. The van der Waals surface area contributed by atoms with Crippen molar-refractivity contribution in [2.24, 2.45) is 11.6 Å². The maximum Gasteiger partial charge on any atom is 0.225 e. The van der Waals surface area contributed by atoms with Crippen LogP contribution in [0.2, 0.25) is 0 Å². The fourth-order valence-electron chi connectivity index (χ4n) is 2.81. The third kappa shape index (κ3) is 3.58. The SMILES string of the molecule is COc1cc(N(N)/C(=C\N)c2ccc(-c3ncco3)cc2)cc(OC)c1OC. The predicted octanol–water partition coefficient (Wildman–Crippen LogP) is 3.00. The predicted molar refractivity (Wildman–Crippen MR) is 107 cm³/mol. The molecule has 0 fully saturated rings. The molecule has 4 N–H and O–H groups in total. The highest BCUT2D eigenvalue weighted by atomic mass is 16.5. The number of hydrogen-bond donors (Lipinski definition) is 2. The number of oxazole rings is 1. The lowest BCUT2D eigenvalue weighted by molar-refractivity contribution is 0.324. The minimum Gasteiger partial charge on any atom is -0.493 e. The summed E-state index contributed by atoms with van der Waals surface area (Å²) in [5.41, 5.74) is 8.74. The molecular weight excluding hydrogens is 360 g/mol. The van der Waals surface area contributed by atoms with Crippen LogP contribution in [0.1, 0.15) is 5.56 Å². The van der Waals surface area contributed by atoms with Crippen molar-refractivity contribution in [1.82, 2.24) is 4.98 Å². The van der Waals surface area contributed by atoms with Gasteiger partial charge in [0.15, 0.2) is 11.5 Å². The van der Waals surface area contributed by atoms with Gasteiger partial charge in [0.1, 0.15) is 6.26 Å². The van der Waals surface area contributed by atoms with Crippen molar-refractivity contribution < 1.29 is 18.6 Å². The van der Waals surface area contributed by atoms with Gasteiger partial charge in [0.2, 0.25) is 11.6 Å². The van der Waals surface area contributed by atoms with E-state index in [1.165, 1.54) is 17.5 Å². The van der Waals surface area contributed by atoms with Crippen LogP contribution >= 0.6 is 0 Å². The Bertz CT molecular complexity index is 928. The second-order valence-electron chi connectivity index (χ2n) is 5.72. The normalized spacial score (nSPS) is 11.2. The zero-order valence-corrected chi connectivity index (χ0v) is 15.9. The molecule has 1 aromatic heterocycles. The minimum atomic E-state index is 0.482. The van der Waals surface area contributed by atoms with E-state index in [0.717, 1.165) is 11.1 Å². The summed E-state index contributed by atoms with van der Waals surface area (Å²) >= 11 is 0. The summed E-state index contributed by atoms with van der Waals surface area (Å²) < 4.78 is 21.4. The molecule has 0 aliphatic rings. The Labute approximate surface area is 162 Å². The van der Waals surface area contributed by atoms with Gasteiger partial charge in [0.05, 0.1) is 38.9 Å². The van der Waals surface area contributed by atoms with E-state index in [-0.39, 0.29) is 0 Å². The molecule has 3 aromatic rings. The Hall–Kier alpha value is -3.65. The molecule has 0 unspecified atom stereocenters. The molecule has 0 bridgehead atoms. The number of rotatable bonds is 7. The molecule has 0 saturated heterocycles. The maximum atomic E-state index is 6.36. The van der Waals surface area contributed by atoms with E-state index >= 15 is 0 Å². The Kier molecular flexibility index (Phi) is 5.71. The zero-order chi connectivity index (χ0) is 20.1. The van der Waals surface area contributed by atoms with Gasteiger partial charge in [-0.05, 0) is 12.1 Å². The molecule has 8 nitrogen and oxygen atoms in total. The Morgan fingerprint density at radius 3 is 2.14 bits per heavy atom. The smallest absolute Gasteiger partial charge is 0.225 e. The summed E-state index contributed by atoms with van der Waals surface area (Å²) in [6.07, 6.45) is 4.56. The lowest BCUT2D eigenvalue weighted by Gasteiger charge is -2.24. The van der Waals surface area contributed by atoms with Gasteiger partial charge >= 0.3 is 0 Å². The summed E-state index contributed by atoms with van der Waals surface area (Å²) in [7, 11) is 4.63. The molecule has 0 aliphatic carbocycles. The summed E-state index contributed by atoms with van der Waals surface area (Å²) in [6.45, 7) is 0. The molecule has 28 heavy (non-hydrogen) atoms. The van der Waals surface area contributed by atoms with Crippen LogP contribution in [0.5, 0.6) is 17.2 Å². The highest BCUT2D eigenvalue weighted by Gasteiger charge is 2.18.